The summed E-state index contributed by atoms with van der Waals surface area (Å²) in [5, 5.41) is 0. The molecule has 0 aromatic carbocycles. The second kappa shape index (κ2) is 4.34. The number of rotatable bonds is 2. The first-order valence-electron chi connectivity index (χ1n) is 6.43. The van der Waals surface area contributed by atoms with Crippen LogP contribution in [-0.2, 0) is 20.8 Å². The van der Waals surface area contributed by atoms with E-state index in [2.05, 4.69) is 9.88 Å². The highest BCUT2D eigenvalue weighted by Crippen LogP contribution is 2.08. The van der Waals surface area contributed by atoms with Gasteiger partial charge in [-0.2, -0.15) is 0 Å². The Labute approximate surface area is 109 Å². The number of nitrogens with zero attached hydrogens (tertiary/aromatic N) is 5. The number of likely N-dealkylation sites (tertiary alicyclic amines) is 1. The molecule has 102 valence electrons. The molecule has 0 aliphatic carbocycles. The summed E-state index contributed by atoms with van der Waals surface area (Å²) in [5.41, 5.74) is 0.431. The van der Waals surface area contributed by atoms with E-state index in [1.54, 1.807) is 18.7 Å². The van der Waals surface area contributed by atoms with Gasteiger partial charge in [-0.3, -0.25) is 23.4 Å². The number of aromatic nitrogens is 4. The lowest BCUT2D eigenvalue weighted by Crippen LogP contribution is -2.31. The minimum atomic E-state index is -0.224. The average molecular weight is 263 g/mol. The fourth-order valence-corrected chi connectivity index (χ4v) is 2.66. The van der Waals surface area contributed by atoms with Crippen molar-refractivity contribution in [3.05, 3.63) is 27.2 Å². The summed E-state index contributed by atoms with van der Waals surface area (Å²) in [4.78, 5) is 30.7. The molecule has 0 atom stereocenters. The zero-order valence-electron chi connectivity index (χ0n) is 11.2. The molecule has 0 unspecified atom stereocenters. The Balaban J connectivity index is 2.13. The van der Waals surface area contributed by atoms with Crippen LogP contribution in [0, 0.1) is 0 Å². The highest BCUT2D eigenvalue weighted by molar-refractivity contribution is 5.69. The first kappa shape index (κ1) is 12.2. The van der Waals surface area contributed by atoms with Crippen molar-refractivity contribution < 1.29 is 0 Å². The molecular weight excluding hydrogens is 246 g/mol. The molecule has 2 aromatic heterocycles. The van der Waals surface area contributed by atoms with Gasteiger partial charge in [-0.15, -0.1) is 0 Å². The molecule has 3 heterocycles. The van der Waals surface area contributed by atoms with E-state index in [0.29, 0.717) is 17.8 Å². The summed E-state index contributed by atoms with van der Waals surface area (Å²) in [6.07, 6.45) is 3.88. The van der Waals surface area contributed by atoms with E-state index in [1.165, 1.54) is 28.3 Å². The molecule has 0 N–H and O–H groups in total. The van der Waals surface area contributed by atoms with Gasteiger partial charge < -0.3 is 0 Å². The van der Waals surface area contributed by atoms with Gasteiger partial charge in [0.1, 0.15) is 6.33 Å². The Hall–Kier alpha value is -1.89. The molecule has 0 amide bonds. The number of hydrogen-bond acceptors (Lipinski definition) is 4. The summed E-state index contributed by atoms with van der Waals surface area (Å²) in [5.74, 6) is 0. The number of imidazole rings is 1. The van der Waals surface area contributed by atoms with Crippen LogP contribution in [-0.4, -0.2) is 36.7 Å². The van der Waals surface area contributed by atoms with Crippen LogP contribution in [0.5, 0.6) is 0 Å². The van der Waals surface area contributed by atoms with E-state index in [-0.39, 0.29) is 11.2 Å². The fourth-order valence-electron chi connectivity index (χ4n) is 2.66. The third-order valence-corrected chi connectivity index (χ3v) is 3.77. The Kier molecular flexibility index (Phi) is 2.78. The van der Waals surface area contributed by atoms with Crippen molar-refractivity contribution in [2.75, 3.05) is 13.1 Å². The molecule has 7 nitrogen and oxygen atoms in total. The van der Waals surface area contributed by atoms with Crippen LogP contribution >= 0.6 is 0 Å². The lowest BCUT2D eigenvalue weighted by atomic mass is 10.4. The maximum Gasteiger partial charge on any atom is 0.329 e. The average Bonchev–Trinajstić information content (AvgIpc) is 2.97. The number of hydrogen-bond donors (Lipinski definition) is 0. The van der Waals surface area contributed by atoms with Crippen molar-refractivity contribution in [2.24, 2.45) is 14.1 Å². The van der Waals surface area contributed by atoms with Gasteiger partial charge in [-0.05, 0) is 25.9 Å². The molecule has 3 rings (SSSR count). The highest BCUT2D eigenvalue weighted by Gasteiger charge is 2.17. The molecule has 1 saturated heterocycles. The predicted octanol–water partition coefficient (Wildman–Crippen LogP) is -0.513. The summed E-state index contributed by atoms with van der Waals surface area (Å²) in [7, 11) is 3.23. The molecule has 1 aliphatic heterocycles. The summed E-state index contributed by atoms with van der Waals surface area (Å²) in [6.45, 7) is 2.57. The lowest BCUT2D eigenvalue weighted by molar-refractivity contribution is 0.265. The lowest BCUT2D eigenvalue weighted by Gasteiger charge is -2.15. The molecule has 1 fully saturated rings. The van der Waals surface area contributed by atoms with Gasteiger partial charge in [0, 0.05) is 14.1 Å². The first-order chi connectivity index (χ1) is 9.09. The van der Waals surface area contributed by atoms with Crippen LogP contribution in [0.1, 0.15) is 12.8 Å². The molecule has 0 bridgehead atoms. The Morgan fingerprint density at radius 3 is 2.53 bits per heavy atom. The minimum Gasteiger partial charge on any atom is -0.289 e. The second-order valence-electron chi connectivity index (χ2n) is 5.06. The SMILES string of the molecule is Cn1c(=O)n(C)c2c(=O)n(CN3CCCC3)cnc21. The quantitative estimate of drug-likeness (QED) is 0.732. The standard InChI is InChI=1S/C12H17N5O2/c1-14-9-10(15(2)12(14)19)13-7-17(11(9)18)8-16-5-3-4-6-16/h7H,3-6,8H2,1-2H3. The van der Waals surface area contributed by atoms with E-state index >= 15 is 0 Å². The van der Waals surface area contributed by atoms with Crippen molar-refractivity contribution in [3.63, 3.8) is 0 Å². The molecule has 7 heteroatoms. The third kappa shape index (κ3) is 1.81. The summed E-state index contributed by atoms with van der Waals surface area (Å²) in [6, 6.07) is 0. The van der Waals surface area contributed by atoms with Crippen LogP contribution in [0.2, 0.25) is 0 Å². The predicted molar refractivity (Wildman–Crippen MR) is 71.0 cm³/mol. The first-order valence-corrected chi connectivity index (χ1v) is 6.43. The van der Waals surface area contributed by atoms with Gasteiger partial charge in [0.05, 0.1) is 6.67 Å². The zero-order valence-corrected chi connectivity index (χ0v) is 11.2. The Morgan fingerprint density at radius 1 is 1.16 bits per heavy atom. The number of aryl methyl sites for hydroxylation is 2. The molecule has 19 heavy (non-hydrogen) atoms. The van der Waals surface area contributed by atoms with E-state index in [1.807, 2.05) is 0 Å². The second-order valence-corrected chi connectivity index (χ2v) is 5.06. The summed E-state index contributed by atoms with van der Waals surface area (Å²) >= 11 is 0. The minimum absolute atomic E-state index is 0.155. The van der Waals surface area contributed by atoms with E-state index in [9.17, 15) is 9.59 Å². The smallest absolute Gasteiger partial charge is 0.289 e. The van der Waals surface area contributed by atoms with Gasteiger partial charge in [0.2, 0.25) is 0 Å². The topological polar surface area (TPSA) is 65.1 Å². The van der Waals surface area contributed by atoms with Crippen molar-refractivity contribution in [3.8, 4) is 0 Å². The van der Waals surface area contributed by atoms with Crippen LogP contribution < -0.4 is 11.2 Å². The number of fused-ring (bicyclic) bond motifs is 1. The zero-order chi connectivity index (χ0) is 13.6. The highest BCUT2D eigenvalue weighted by atomic mass is 16.2. The molecule has 0 radical (unpaired) electrons. The van der Waals surface area contributed by atoms with Gasteiger partial charge in [0.15, 0.2) is 11.2 Å². The molecular formula is C12H17N5O2. The van der Waals surface area contributed by atoms with Crippen molar-refractivity contribution in [1.29, 1.82) is 0 Å². The molecule has 1 aliphatic rings. The maximum absolute atomic E-state index is 12.4. The normalized spacial score (nSPS) is 16.5. The van der Waals surface area contributed by atoms with Crippen LogP contribution in [0.3, 0.4) is 0 Å². The molecule has 2 aromatic rings. The summed E-state index contributed by atoms with van der Waals surface area (Å²) < 4.78 is 4.34. The Morgan fingerprint density at radius 2 is 1.84 bits per heavy atom. The fraction of sp³-hybridized carbons (Fsp3) is 0.583. The van der Waals surface area contributed by atoms with Crippen LogP contribution in [0.25, 0.3) is 11.2 Å². The largest absolute Gasteiger partial charge is 0.329 e. The van der Waals surface area contributed by atoms with Crippen molar-refractivity contribution in [1.82, 2.24) is 23.6 Å². The van der Waals surface area contributed by atoms with E-state index in [0.717, 1.165) is 13.1 Å². The van der Waals surface area contributed by atoms with Gasteiger partial charge >= 0.3 is 5.69 Å². The van der Waals surface area contributed by atoms with Crippen molar-refractivity contribution >= 4 is 11.2 Å². The monoisotopic (exact) mass is 263 g/mol. The maximum atomic E-state index is 12.4. The van der Waals surface area contributed by atoms with Crippen molar-refractivity contribution in [2.45, 2.75) is 19.5 Å². The van der Waals surface area contributed by atoms with Gasteiger partial charge in [0.25, 0.3) is 5.56 Å². The van der Waals surface area contributed by atoms with Gasteiger partial charge in [-0.1, -0.05) is 0 Å². The van der Waals surface area contributed by atoms with Crippen LogP contribution in [0.15, 0.2) is 15.9 Å². The molecule has 0 saturated carbocycles. The van der Waals surface area contributed by atoms with Crippen LogP contribution in [0.4, 0.5) is 0 Å². The Bertz CT molecular complexity index is 733. The van der Waals surface area contributed by atoms with Gasteiger partial charge in [-0.25, -0.2) is 9.78 Å². The van der Waals surface area contributed by atoms with E-state index < -0.39 is 0 Å². The molecule has 0 spiro atoms. The third-order valence-electron chi connectivity index (χ3n) is 3.77. The van der Waals surface area contributed by atoms with E-state index in [4.69, 9.17) is 0 Å².